The molecule has 3 rings (SSSR count). The van der Waals surface area contributed by atoms with Crippen LogP contribution in [0.15, 0.2) is 54.9 Å². The highest BCUT2D eigenvalue weighted by Crippen LogP contribution is 2.26. The van der Waals surface area contributed by atoms with E-state index in [1.165, 1.54) is 19.0 Å². The number of carbonyl (C=O) groups is 1. The first-order valence-electron chi connectivity index (χ1n) is 8.42. The minimum Gasteiger partial charge on any atom is -0.465 e. The molecule has 0 radical (unpaired) electrons. The van der Waals surface area contributed by atoms with E-state index in [-0.39, 0.29) is 5.97 Å². The molecule has 4 N–H and O–H groups in total. The number of hydrogen-bond donors (Lipinski definition) is 3. The number of nitrogens with two attached hydrogens (primary N) is 1. The highest BCUT2D eigenvalue weighted by atomic mass is 16.5. The summed E-state index contributed by atoms with van der Waals surface area (Å²) in [5.74, 6) is 0.659. The molecule has 0 fully saturated rings. The zero-order chi connectivity index (χ0) is 19.2. The fraction of sp³-hybridized carbons (Fsp3) is 0.150. The van der Waals surface area contributed by atoms with Gasteiger partial charge in [-0.2, -0.15) is 0 Å². The van der Waals surface area contributed by atoms with Crippen molar-refractivity contribution in [1.29, 1.82) is 0 Å². The number of esters is 1. The first kappa shape index (κ1) is 18.2. The Morgan fingerprint density at radius 1 is 1.04 bits per heavy atom. The largest absolute Gasteiger partial charge is 0.465 e. The number of ether oxygens (including phenoxy) is 1. The number of anilines is 4. The second-order valence-electron chi connectivity index (χ2n) is 6.02. The molecular weight excluding hydrogens is 342 g/mol. The van der Waals surface area contributed by atoms with Gasteiger partial charge in [-0.1, -0.05) is 29.8 Å². The molecule has 0 amide bonds. The first-order chi connectivity index (χ1) is 13.1. The number of nitrogen functional groups attached to an aromatic ring is 1. The minimum atomic E-state index is -0.384. The number of hydrogen-bond acceptors (Lipinski definition) is 7. The minimum absolute atomic E-state index is 0.384. The van der Waals surface area contributed by atoms with E-state index in [9.17, 15) is 4.79 Å². The summed E-state index contributed by atoms with van der Waals surface area (Å²) in [6, 6.07) is 15.1. The van der Waals surface area contributed by atoms with E-state index < -0.39 is 0 Å². The quantitative estimate of drug-likeness (QED) is 0.576. The number of nitrogens with zero attached hydrogens (tertiary/aromatic N) is 2. The number of carbonyl (C=O) groups excluding carboxylic acids is 1. The smallest absolute Gasteiger partial charge is 0.337 e. The van der Waals surface area contributed by atoms with Gasteiger partial charge in [-0.25, -0.2) is 14.8 Å². The van der Waals surface area contributed by atoms with Crippen molar-refractivity contribution >= 4 is 29.0 Å². The monoisotopic (exact) mass is 363 g/mol. The van der Waals surface area contributed by atoms with Gasteiger partial charge in [-0.3, -0.25) is 0 Å². The first-order valence-corrected chi connectivity index (χ1v) is 8.42. The zero-order valence-electron chi connectivity index (χ0n) is 15.2. The van der Waals surface area contributed by atoms with Crippen LogP contribution in [-0.2, 0) is 11.3 Å². The summed E-state index contributed by atoms with van der Waals surface area (Å²) in [6.45, 7) is 2.66. The molecule has 0 unspecified atom stereocenters. The Morgan fingerprint density at radius 3 is 2.37 bits per heavy atom. The van der Waals surface area contributed by atoms with Crippen molar-refractivity contribution in [3.05, 3.63) is 71.5 Å². The summed E-state index contributed by atoms with van der Waals surface area (Å²) in [6.07, 6.45) is 1.44. The molecule has 27 heavy (non-hydrogen) atoms. The molecular formula is C20H21N5O2. The van der Waals surface area contributed by atoms with Crippen LogP contribution in [0.25, 0.3) is 0 Å². The molecule has 0 bridgehead atoms. The van der Waals surface area contributed by atoms with Gasteiger partial charge in [0, 0.05) is 12.2 Å². The van der Waals surface area contributed by atoms with Gasteiger partial charge in [0.2, 0.25) is 0 Å². The average Bonchev–Trinajstić information content (AvgIpc) is 2.70. The van der Waals surface area contributed by atoms with Crippen molar-refractivity contribution in [3.8, 4) is 0 Å². The van der Waals surface area contributed by atoms with Crippen LogP contribution in [0.3, 0.4) is 0 Å². The molecule has 2 aromatic carbocycles. The summed E-state index contributed by atoms with van der Waals surface area (Å²) < 4.78 is 4.69. The van der Waals surface area contributed by atoms with Crippen molar-refractivity contribution in [2.45, 2.75) is 13.5 Å². The lowest BCUT2D eigenvalue weighted by molar-refractivity contribution is 0.0601. The van der Waals surface area contributed by atoms with Crippen molar-refractivity contribution < 1.29 is 9.53 Å². The average molecular weight is 363 g/mol. The summed E-state index contributed by atoms with van der Waals surface area (Å²) >= 11 is 0. The van der Waals surface area contributed by atoms with E-state index in [0.717, 1.165) is 11.3 Å². The van der Waals surface area contributed by atoms with E-state index in [1.54, 1.807) is 24.3 Å². The number of methoxy groups -OCH3 is 1. The third-order valence-electron chi connectivity index (χ3n) is 4.03. The van der Waals surface area contributed by atoms with Gasteiger partial charge in [0.05, 0.1) is 12.7 Å². The standard InChI is InChI=1S/C20H21N5O2/c1-13-3-5-14(6-4-13)11-22-18-17(21)19(24-12-23-18)25-16-9-7-15(8-10-16)20(26)27-2/h3-10,12H,11,21H2,1-2H3,(H2,22,23,24,25). The van der Waals surface area contributed by atoms with Crippen LogP contribution in [0.4, 0.5) is 23.0 Å². The molecule has 0 saturated heterocycles. The van der Waals surface area contributed by atoms with Gasteiger partial charge in [-0.15, -0.1) is 0 Å². The third kappa shape index (κ3) is 4.52. The molecule has 0 spiro atoms. The fourth-order valence-corrected chi connectivity index (χ4v) is 2.47. The summed E-state index contributed by atoms with van der Waals surface area (Å²) in [7, 11) is 1.35. The Bertz CT molecular complexity index is 924. The van der Waals surface area contributed by atoms with E-state index in [2.05, 4.69) is 51.8 Å². The molecule has 7 nitrogen and oxygen atoms in total. The summed E-state index contributed by atoms with van der Waals surface area (Å²) in [4.78, 5) is 19.9. The number of nitrogens with one attached hydrogen (secondary N) is 2. The predicted molar refractivity (Wildman–Crippen MR) is 106 cm³/mol. The molecule has 1 heterocycles. The molecule has 0 aliphatic rings. The van der Waals surface area contributed by atoms with E-state index in [0.29, 0.717) is 29.4 Å². The van der Waals surface area contributed by atoms with Gasteiger partial charge in [0.1, 0.15) is 12.0 Å². The summed E-state index contributed by atoms with van der Waals surface area (Å²) in [5.41, 5.74) is 10.2. The lowest BCUT2D eigenvalue weighted by Crippen LogP contribution is -2.08. The Labute approximate surface area is 157 Å². The molecule has 138 valence electrons. The van der Waals surface area contributed by atoms with Crippen LogP contribution in [0, 0.1) is 6.92 Å². The Morgan fingerprint density at radius 2 is 1.70 bits per heavy atom. The molecule has 1 aromatic heterocycles. The number of aryl methyl sites for hydroxylation is 1. The SMILES string of the molecule is COC(=O)c1ccc(Nc2ncnc(NCc3ccc(C)cc3)c2N)cc1. The molecule has 0 aliphatic carbocycles. The van der Waals surface area contributed by atoms with Gasteiger partial charge in [0.25, 0.3) is 0 Å². The Balaban J connectivity index is 1.70. The van der Waals surface area contributed by atoms with Crippen molar-refractivity contribution in [1.82, 2.24) is 9.97 Å². The second-order valence-corrected chi connectivity index (χ2v) is 6.02. The maximum absolute atomic E-state index is 11.5. The van der Waals surface area contributed by atoms with Gasteiger partial charge in [-0.05, 0) is 36.8 Å². The fourth-order valence-electron chi connectivity index (χ4n) is 2.47. The second kappa shape index (κ2) is 8.18. The van der Waals surface area contributed by atoms with Gasteiger partial charge < -0.3 is 21.1 Å². The van der Waals surface area contributed by atoms with Gasteiger partial charge >= 0.3 is 5.97 Å². The molecule has 0 saturated carbocycles. The maximum atomic E-state index is 11.5. The van der Waals surface area contributed by atoms with E-state index in [1.807, 2.05) is 0 Å². The van der Waals surface area contributed by atoms with E-state index in [4.69, 9.17) is 10.5 Å². The maximum Gasteiger partial charge on any atom is 0.337 e. The molecule has 0 atom stereocenters. The summed E-state index contributed by atoms with van der Waals surface area (Å²) in [5, 5.41) is 6.36. The Hall–Kier alpha value is -3.61. The van der Waals surface area contributed by atoms with Crippen molar-refractivity contribution in [3.63, 3.8) is 0 Å². The number of aromatic nitrogens is 2. The van der Waals surface area contributed by atoms with Crippen molar-refractivity contribution in [2.75, 3.05) is 23.5 Å². The predicted octanol–water partition coefficient (Wildman–Crippen LogP) is 3.51. The highest BCUT2D eigenvalue weighted by Gasteiger charge is 2.09. The molecule has 3 aromatic rings. The molecule has 7 heteroatoms. The lowest BCUT2D eigenvalue weighted by atomic mass is 10.1. The van der Waals surface area contributed by atoms with Crippen LogP contribution in [0.1, 0.15) is 21.5 Å². The van der Waals surface area contributed by atoms with Crippen LogP contribution < -0.4 is 16.4 Å². The van der Waals surface area contributed by atoms with Crippen LogP contribution in [0.5, 0.6) is 0 Å². The number of rotatable bonds is 6. The molecule has 0 aliphatic heterocycles. The number of benzene rings is 2. The van der Waals surface area contributed by atoms with Crippen LogP contribution in [-0.4, -0.2) is 23.0 Å². The third-order valence-corrected chi connectivity index (χ3v) is 4.03. The Kier molecular flexibility index (Phi) is 5.51. The highest BCUT2D eigenvalue weighted by molar-refractivity contribution is 5.90. The topological polar surface area (TPSA) is 102 Å². The van der Waals surface area contributed by atoms with Crippen LogP contribution in [0.2, 0.25) is 0 Å². The van der Waals surface area contributed by atoms with Crippen molar-refractivity contribution in [2.24, 2.45) is 0 Å². The normalized spacial score (nSPS) is 10.3. The van der Waals surface area contributed by atoms with E-state index >= 15 is 0 Å². The van der Waals surface area contributed by atoms with Gasteiger partial charge in [0.15, 0.2) is 11.6 Å². The van der Waals surface area contributed by atoms with Crippen LogP contribution >= 0.6 is 0 Å². The lowest BCUT2D eigenvalue weighted by Gasteiger charge is -2.13. The zero-order valence-corrected chi connectivity index (χ0v) is 15.2.